The first-order chi connectivity index (χ1) is 9.20. The summed E-state index contributed by atoms with van der Waals surface area (Å²) in [6.45, 7) is 0.500. The highest BCUT2D eigenvalue weighted by molar-refractivity contribution is 5.87. The lowest BCUT2D eigenvalue weighted by atomic mass is 10.1. The highest BCUT2D eigenvalue weighted by atomic mass is 16.4. The van der Waals surface area contributed by atoms with E-state index in [1.807, 2.05) is 0 Å². The molecule has 0 unspecified atom stereocenters. The molecular formula is C14H11N3O2. The van der Waals surface area contributed by atoms with Gasteiger partial charge in [-0.05, 0) is 23.8 Å². The topological polar surface area (TPSA) is 86.0 Å². The summed E-state index contributed by atoms with van der Waals surface area (Å²) in [6.07, 6.45) is 3.15. The summed E-state index contributed by atoms with van der Waals surface area (Å²) in [5.74, 6) is -0.946. The molecule has 0 aliphatic rings. The standard InChI is InChI=1S/C14H11N3O2/c15-7-12-5-6-16-9-13(12)17-8-10-1-3-11(4-2-10)14(18)19/h1-6,9,17H,8H2,(H,18,19). The Kier molecular flexibility index (Phi) is 3.74. The molecule has 2 N–H and O–H groups in total. The van der Waals surface area contributed by atoms with Gasteiger partial charge in [0, 0.05) is 12.7 Å². The maximum atomic E-state index is 10.7. The molecule has 1 aromatic heterocycles. The van der Waals surface area contributed by atoms with Crippen LogP contribution in [0.4, 0.5) is 5.69 Å². The summed E-state index contributed by atoms with van der Waals surface area (Å²) in [5.41, 5.74) is 2.37. The van der Waals surface area contributed by atoms with Crippen LogP contribution in [0.2, 0.25) is 0 Å². The van der Waals surface area contributed by atoms with E-state index >= 15 is 0 Å². The van der Waals surface area contributed by atoms with E-state index in [1.165, 1.54) is 0 Å². The number of hydrogen-bond acceptors (Lipinski definition) is 4. The number of nitrogens with one attached hydrogen (secondary N) is 1. The number of carbonyl (C=O) groups is 1. The van der Waals surface area contributed by atoms with Crippen molar-refractivity contribution >= 4 is 11.7 Å². The van der Waals surface area contributed by atoms with E-state index in [1.54, 1.807) is 42.7 Å². The van der Waals surface area contributed by atoms with E-state index < -0.39 is 5.97 Å². The molecule has 1 heterocycles. The van der Waals surface area contributed by atoms with E-state index in [0.717, 1.165) is 5.56 Å². The predicted molar refractivity (Wildman–Crippen MR) is 69.7 cm³/mol. The third-order valence-electron chi connectivity index (χ3n) is 2.63. The van der Waals surface area contributed by atoms with Crippen molar-refractivity contribution in [3.8, 4) is 6.07 Å². The summed E-state index contributed by atoms with van der Waals surface area (Å²) in [5, 5.41) is 20.8. The minimum absolute atomic E-state index is 0.253. The predicted octanol–water partition coefficient (Wildman–Crippen LogP) is 2.26. The van der Waals surface area contributed by atoms with E-state index in [0.29, 0.717) is 17.8 Å². The molecular weight excluding hydrogens is 242 g/mol. The number of rotatable bonds is 4. The van der Waals surface area contributed by atoms with Gasteiger partial charge in [0.15, 0.2) is 0 Å². The third-order valence-corrected chi connectivity index (χ3v) is 2.63. The average molecular weight is 253 g/mol. The first-order valence-corrected chi connectivity index (χ1v) is 5.61. The lowest BCUT2D eigenvalue weighted by Crippen LogP contribution is -2.02. The van der Waals surface area contributed by atoms with Crippen LogP contribution >= 0.6 is 0 Å². The summed E-state index contributed by atoms with van der Waals surface area (Å²) in [6, 6.07) is 10.3. The van der Waals surface area contributed by atoms with Crippen molar-refractivity contribution < 1.29 is 9.90 Å². The van der Waals surface area contributed by atoms with Crippen LogP contribution < -0.4 is 5.32 Å². The van der Waals surface area contributed by atoms with Gasteiger partial charge in [-0.15, -0.1) is 0 Å². The number of benzene rings is 1. The number of carboxylic acid groups (broad SMARTS) is 1. The first-order valence-electron chi connectivity index (χ1n) is 5.61. The van der Waals surface area contributed by atoms with Gasteiger partial charge in [0.1, 0.15) is 6.07 Å². The van der Waals surface area contributed by atoms with E-state index in [-0.39, 0.29) is 5.56 Å². The Morgan fingerprint density at radius 1 is 1.32 bits per heavy atom. The Labute approximate surface area is 110 Å². The van der Waals surface area contributed by atoms with Crippen molar-refractivity contribution in [2.45, 2.75) is 6.54 Å². The maximum Gasteiger partial charge on any atom is 0.335 e. The van der Waals surface area contributed by atoms with E-state index in [4.69, 9.17) is 10.4 Å². The molecule has 0 bridgehead atoms. The Bertz CT molecular complexity index is 630. The van der Waals surface area contributed by atoms with Crippen LogP contribution in [0.3, 0.4) is 0 Å². The Morgan fingerprint density at radius 2 is 2.05 bits per heavy atom. The molecule has 2 rings (SSSR count). The lowest BCUT2D eigenvalue weighted by molar-refractivity contribution is 0.0697. The fourth-order valence-corrected chi connectivity index (χ4v) is 1.60. The van der Waals surface area contributed by atoms with Crippen molar-refractivity contribution in [1.82, 2.24) is 4.98 Å². The zero-order valence-electron chi connectivity index (χ0n) is 10.00. The van der Waals surface area contributed by atoms with Gasteiger partial charge in [0.25, 0.3) is 0 Å². The molecule has 0 radical (unpaired) electrons. The van der Waals surface area contributed by atoms with Gasteiger partial charge in [-0.3, -0.25) is 4.98 Å². The van der Waals surface area contributed by atoms with Crippen molar-refractivity contribution in [1.29, 1.82) is 5.26 Å². The lowest BCUT2D eigenvalue weighted by Gasteiger charge is -2.07. The van der Waals surface area contributed by atoms with Crippen molar-refractivity contribution in [2.75, 3.05) is 5.32 Å². The second-order valence-electron chi connectivity index (χ2n) is 3.89. The van der Waals surface area contributed by atoms with Crippen molar-refractivity contribution in [3.05, 3.63) is 59.4 Å². The van der Waals surface area contributed by atoms with Gasteiger partial charge in [-0.2, -0.15) is 5.26 Å². The molecule has 0 aliphatic heterocycles. The van der Waals surface area contributed by atoms with E-state index in [2.05, 4.69) is 16.4 Å². The third kappa shape index (κ3) is 3.07. The maximum absolute atomic E-state index is 10.7. The molecule has 5 nitrogen and oxygen atoms in total. The zero-order valence-corrected chi connectivity index (χ0v) is 10.00. The average Bonchev–Trinajstić information content (AvgIpc) is 2.45. The van der Waals surface area contributed by atoms with Gasteiger partial charge in [-0.1, -0.05) is 12.1 Å². The van der Waals surface area contributed by atoms with Gasteiger partial charge >= 0.3 is 5.97 Å². The summed E-state index contributed by atoms with van der Waals surface area (Å²) in [7, 11) is 0. The van der Waals surface area contributed by atoms with Crippen LogP contribution in [-0.4, -0.2) is 16.1 Å². The molecule has 0 spiro atoms. The molecule has 0 amide bonds. The zero-order chi connectivity index (χ0) is 13.7. The molecule has 2 aromatic rings. The van der Waals surface area contributed by atoms with Crippen molar-refractivity contribution in [3.63, 3.8) is 0 Å². The number of nitriles is 1. The number of pyridine rings is 1. The Morgan fingerprint density at radius 3 is 2.68 bits per heavy atom. The number of nitrogens with zero attached hydrogens (tertiary/aromatic N) is 2. The van der Waals surface area contributed by atoms with Crippen LogP contribution in [0.15, 0.2) is 42.7 Å². The smallest absolute Gasteiger partial charge is 0.335 e. The number of aromatic carboxylic acids is 1. The monoisotopic (exact) mass is 253 g/mol. The SMILES string of the molecule is N#Cc1ccncc1NCc1ccc(C(=O)O)cc1. The highest BCUT2D eigenvalue weighted by Crippen LogP contribution is 2.13. The second kappa shape index (κ2) is 5.65. The minimum atomic E-state index is -0.946. The van der Waals surface area contributed by atoms with Crippen LogP contribution in [0, 0.1) is 11.3 Å². The molecule has 5 heteroatoms. The number of hydrogen-bond donors (Lipinski definition) is 2. The van der Waals surface area contributed by atoms with Gasteiger partial charge in [0.2, 0.25) is 0 Å². The Balaban J connectivity index is 2.06. The molecule has 1 aromatic carbocycles. The van der Waals surface area contributed by atoms with Crippen LogP contribution in [0.5, 0.6) is 0 Å². The minimum Gasteiger partial charge on any atom is -0.478 e. The first kappa shape index (κ1) is 12.6. The second-order valence-corrected chi connectivity index (χ2v) is 3.89. The van der Waals surface area contributed by atoms with Gasteiger partial charge < -0.3 is 10.4 Å². The quantitative estimate of drug-likeness (QED) is 0.872. The number of carboxylic acids is 1. The highest BCUT2D eigenvalue weighted by Gasteiger charge is 2.03. The molecule has 0 fully saturated rings. The fraction of sp³-hybridized carbons (Fsp3) is 0.0714. The fourth-order valence-electron chi connectivity index (χ4n) is 1.60. The molecule has 19 heavy (non-hydrogen) atoms. The number of anilines is 1. The Hall–Kier alpha value is -2.87. The molecule has 0 aliphatic carbocycles. The van der Waals surface area contributed by atoms with Crippen molar-refractivity contribution in [2.24, 2.45) is 0 Å². The summed E-state index contributed by atoms with van der Waals surface area (Å²) < 4.78 is 0. The van der Waals surface area contributed by atoms with Crippen LogP contribution in [0.25, 0.3) is 0 Å². The molecule has 0 atom stereocenters. The summed E-state index contributed by atoms with van der Waals surface area (Å²) >= 11 is 0. The normalized spacial score (nSPS) is 9.63. The van der Waals surface area contributed by atoms with Crippen LogP contribution in [0.1, 0.15) is 21.5 Å². The van der Waals surface area contributed by atoms with Crippen LogP contribution in [-0.2, 0) is 6.54 Å². The molecule has 0 saturated carbocycles. The van der Waals surface area contributed by atoms with E-state index in [9.17, 15) is 4.79 Å². The van der Waals surface area contributed by atoms with Gasteiger partial charge in [-0.25, -0.2) is 4.79 Å². The van der Waals surface area contributed by atoms with Gasteiger partial charge in [0.05, 0.1) is 23.0 Å². The summed E-state index contributed by atoms with van der Waals surface area (Å²) in [4.78, 5) is 14.7. The molecule has 94 valence electrons. The largest absolute Gasteiger partial charge is 0.478 e. The number of aromatic nitrogens is 1. The molecule has 0 saturated heterocycles.